The summed E-state index contributed by atoms with van der Waals surface area (Å²) in [7, 11) is 2.06. The summed E-state index contributed by atoms with van der Waals surface area (Å²) in [6.45, 7) is 4.10. The minimum absolute atomic E-state index is 0.390. The average molecular weight is 269 g/mol. The molecule has 2 atom stereocenters. The van der Waals surface area contributed by atoms with E-state index in [9.17, 15) is 0 Å². The monoisotopic (exact) mass is 269 g/mol. The third-order valence-electron chi connectivity index (χ3n) is 4.58. The Labute approximate surface area is 121 Å². The number of nitrogens with one attached hydrogen (secondary N) is 1. The largest absolute Gasteiger partial charge is 0.466 e. The zero-order valence-electron chi connectivity index (χ0n) is 12.6. The zero-order valence-corrected chi connectivity index (χ0v) is 12.6. The number of hydrogen-bond donors (Lipinski definition) is 1. The van der Waals surface area contributed by atoms with Crippen LogP contribution in [0.5, 0.6) is 0 Å². The first-order valence-electron chi connectivity index (χ1n) is 7.50. The van der Waals surface area contributed by atoms with E-state index in [0.717, 1.165) is 17.9 Å². The molecular formula is C18H23NO. The van der Waals surface area contributed by atoms with Crippen molar-refractivity contribution in [2.75, 3.05) is 7.05 Å². The van der Waals surface area contributed by atoms with Gasteiger partial charge in [0.2, 0.25) is 0 Å². The zero-order chi connectivity index (χ0) is 14.1. The SMILES string of the molecule is CNC(c1cc(C)oc1C)C1CCc2ccccc2C1. The molecule has 0 saturated heterocycles. The molecule has 0 radical (unpaired) electrons. The van der Waals surface area contributed by atoms with E-state index in [2.05, 4.69) is 49.6 Å². The van der Waals surface area contributed by atoms with Crippen molar-refractivity contribution in [3.63, 3.8) is 0 Å². The van der Waals surface area contributed by atoms with Gasteiger partial charge in [-0.2, -0.15) is 0 Å². The van der Waals surface area contributed by atoms with Gasteiger partial charge in [-0.05, 0) is 63.3 Å². The van der Waals surface area contributed by atoms with Crippen molar-refractivity contribution in [1.29, 1.82) is 0 Å². The van der Waals surface area contributed by atoms with Crippen LogP contribution in [-0.2, 0) is 12.8 Å². The lowest BCUT2D eigenvalue weighted by molar-refractivity contribution is 0.337. The molecule has 1 aromatic heterocycles. The summed E-state index contributed by atoms with van der Waals surface area (Å²) < 4.78 is 5.72. The summed E-state index contributed by atoms with van der Waals surface area (Å²) in [6.07, 6.45) is 3.59. The third-order valence-corrected chi connectivity index (χ3v) is 4.58. The molecule has 1 aliphatic carbocycles. The Hall–Kier alpha value is -1.54. The van der Waals surface area contributed by atoms with Gasteiger partial charge in [0.25, 0.3) is 0 Å². The van der Waals surface area contributed by atoms with Gasteiger partial charge < -0.3 is 9.73 Å². The van der Waals surface area contributed by atoms with Crippen LogP contribution in [0, 0.1) is 19.8 Å². The van der Waals surface area contributed by atoms with Crippen LogP contribution in [0.4, 0.5) is 0 Å². The molecule has 3 rings (SSSR count). The third kappa shape index (κ3) is 2.40. The highest BCUT2D eigenvalue weighted by Gasteiger charge is 2.28. The first-order chi connectivity index (χ1) is 9.69. The fourth-order valence-electron chi connectivity index (χ4n) is 3.61. The Morgan fingerprint density at radius 3 is 2.60 bits per heavy atom. The molecule has 2 nitrogen and oxygen atoms in total. The lowest BCUT2D eigenvalue weighted by Gasteiger charge is -2.31. The molecule has 1 aliphatic rings. The van der Waals surface area contributed by atoms with E-state index >= 15 is 0 Å². The number of fused-ring (bicyclic) bond motifs is 1. The Kier molecular flexibility index (Phi) is 3.66. The molecule has 1 aromatic carbocycles. The molecule has 0 fully saturated rings. The maximum Gasteiger partial charge on any atom is 0.105 e. The Morgan fingerprint density at radius 1 is 1.20 bits per heavy atom. The molecule has 0 amide bonds. The van der Waals surface area contributed by atoms with Crippen LogP contribution in [0.2, 0.25) is 0 Å². The van der Waals surface area contributed by atoms with Crippen LogP contribution in [-0.4, -0.2) is 7.05 Å². The predicted molar refractivity (Wildman–Crippen MR) is 81.9 cm³/mol. The molecule has 2 aromatic rings. The quantitative estimate of drug-likeness (QED) is 0.912. The van der Waals surface area contributed by atoms with Crippen LogP contribution >= 0.6 is 0 Å². The van der Waals surface area contributed by atoms with Crippen molar-refractivity contribution in [2.45, 2.75) is 39.2 Å². The number of hydrogen-bond acceptors (Lipinski definition) is 2. The van der Waals surface area contributed by atoms with Crippen molar-refractivity contribution < 1.29 is 4.42 Å². The van der Waals surface area contributed by atoms with Gasteiger partial charge in [-0.1, -0.05) is 24.3 Å². The lowest BCUT2D eigenvalue weighted by atomic mass is 9.78. The highest BCUT2D eigenvalue weighted by molar-refractivity contribution is 5.32. The summed E-state index contributed by atoms with van der Waals surface area (Å²) >= 11 is 0. The van der Waals surface area contributed by atoms with Gasteiger partial charge in [0.05, 0.1) is 0 Å². The van der Waals surface area contributed by atoms with E-state index in [-0.39, 0.29) is 0 Å². The maximum atomic E-state index is 5.72. The fourth-order valence-corrected chi connectivity index (χ4v) is 3.61. The van der Waals surface area contributed by atoms with Crippen LogP contribution in [0.3, 0.4) is 0 Å². The topological polar surface area (TPSA) is 25.2 Å². The summed E-state index contributed by atoms with van der Waals surface area (Å²) in [4.78, 5) is 0. The van der Waals surface area contributed by atoms with Gasteiger partial charge in [-0.25, -0.2) is 0 Å². The summed E-state index contributed by atoms with van der Waals surface area (Å²) in [5.74, 6) is 2.71. The van der Waals surface area contributed by atoms with Crippen molar-refractivity contribution in [3.8, 4) is 0 Å². The van der Waals surface area contributed by atoms with Gasteiger partial charge in [0.15, 0.2) is 0 Å². The standard InChI is InChI=1S/C18H23NO/c1-12-10-17(13(2)20-12)18(19-3)16-9-8-14-6-4-5-7-15(14)11-16/h4-7,10,16,18-19H,8-9,11H2,1-3H3. The second-order valence-corrected chi connectivity index (χ2v) is 5.91. The Balaban J connectivity index is 1.87. The molecule has 0 bridgehead atoms. The highest BCUT2D eigenvalue weighted by Crippen LogP contribution is 2.36. The number of rotatable bonds is 3. The highest BCUT2D eigenvalue weighted by atomic mass is 16.3. The molecular weight excluding hydrogens is 246 g/mol. The molecule has 2 heteroatoms. The van der Waals surface area contributed by atoms with E-state index < -0.39 is 0 Å². The number of benzene rings is 1. The summed E-state index contributed by atoms with van der Waals surface area (Å²) in [5, 5.41) is 3.51. The maximum absolute atomic E-state index is 5.72. The molecule has 20 heavy (non-hydrogen) atoms. The minimum Gasteiger partial charge on any atom is -0.466 e. The Morgan fingerprint density at radius 2 is 1.95 bits per heavy atom. The molecule has 2 unspecified atom stereocenters. The Bertz CT molecular complexity index is 599. The van der Waals surface area contributed by atoms with Crippen molar-refractivity contribution in [3.05, 3.63) is 58.5 Å². The van der Waals surface area contributed by atoms with Crippen LogP contribution in [0.1, 0.15) is 40.7 Å². The summed E-state index contributed by atoms with van der Waals surface area (Å²) in [5.41, 5.74) is 4.37. The van der Waals surface area contributed by atoms with Gasteiger partial charge in [-0.15, -0.1) is 0 Å². The predicted octanol–water partition coefficient (Wildman–Crippen LogP) is 3.96. The van der Waals surface area contributed by atoms with Crippen molar-refractivity contribution in [1.82, 2.24) is 5.32 Å². The fraction of sp³-hybridized carbons (Fsp3) is 0.444. The molecule has 0 aliphatic heterocycles. The number of aryl methyl sites for hydroxylation is 3. The number of furan rings is 1. The van der Waals surface area contributed by atoms with E-state index in [4.69, 9.17) is 4.42 Å². The van der Waals surface area contributed by atoms with Crippen LogP contribution in [0.15, 0.2) is 34.7 Å². The average Bonchev–Trinajstić information content (AvgIpc) is 2.78. The van der Waals surface area contributed by atoms with Crippen molar-refractivity contribution >= 4 is 0 Å². The van der Waals surface area contributed by atoms with Crippen LogP contribution < -0.4 is 5.32 Å². The molecule has 1 heterocycles. The molecule has 106 valence electrons. The van der Waals surface area contributed by atoms with Gasteiger partial charge in [-0.3, -0.25) is 0 Å². The van der Waals surface area contributed by atoms with Gasteiger partial charge >= 0.3 is 0 Å². The first kappa shape index (κ1) is 13.4. The molecule has 1 N–H and O–H groups in total. The van der Waals surface area contributed by atoms with Gasteiger partial charge in [0.1, 0.15) is 11.5 Å². The smallest absolute Gasteiger partial charge is 0.105 e. The molecule has 0 spiro atoms. The van der Waals surface area contributed by atoms with Crippen molar-refractivity contribution in [2.24, 2.45) is 5.92 Å². The first-order valence-corrected chi connectivity index (χ1v) is 7.50. The van der Waals surface area contributed by atoms with E-state index in [1.165, 1.54) is 29.5 Å². The minimum atomic E-state index is 0.390. The molecule has 0 saturated carbocycles. The second-order valence-electron chi connectivity index (χ2n) is 5.91. The lowest BCUT2D eigenvalue weighted by Crippen LogP contribution is -2.29. The normalized spacial score (nSPS) is 19.6. The summed E-state index contributed by atoms with van der Waals surface area (Å²) in [6, 6.07) is 11.4. The second kappa shape index (κ2) is 5.45. The van der Waals surface area contributed by atoms with Crippen LogP contribution in [0.25, 0.3) is 0 Å². The van der Waals surface area contributed by atoms with E-state index in [1.54, 1.807) is 0 Å². The van der Waals surface area contributed by atoms with E-state index in [1.807, 2.05) is 6.92 Å². The van der Waals surface area contributed by atoms with E-state index in [0.29, 0.717) is 12.0 Å². The van der Waals surface area contributed by atoms with Gasteiger partial charge in [0, 0.05) is 11.6 Å².